The van der Waals surface area contributed by atoms with E-state index >= 15 is 0 Å². The predicted molar refractivity (Wildman–Crippen MR) is 98.5 cm³/mol. The van der Waals surface area contributed by atoms with Crippen molar-refractivity contribution >= 4 is 33.2 Å². The third kappa shape index (κ3) is 4.90. The Morgan fingerprint density at radius 3 is 2.38 bits per heavy atom. The third-order valence-corrected chi connectivity index (χ3v) is 6.43. The van der Waals surface area contributed by atoms with E-state index in [1.54, 1.807) is 0 Å². The van der Waals surface area contributed by atoms with Gasteiger partial charge in [-0.05, 0) is 42.6 Å². The zero-order valence-electron chi connectivity index (χ0n) is 14.6. The summed E-state index contributed by atoms with van der Waals surface area (Å²) in [6, 6.07) is 8.98. The van der Waals surface area contributed by atoms with E-state index in [-0.39, 0.29) is 16.5 Å². The normalized spacial score (nSPS) is 12.6. The summed E-state index contributed by atoms with van der Waals surface area (Å²) in [7, 11) is -0.714. The van der Waals surface area contributed by atoms with Crippen LogP contribution in [0.1, 0.15) is 28.2 Å². The van der Waals surface area contributed by atoms with Crippen LogP contribution in [0.2, 0.25) is 0 Å². The zero-order valence-corrected chi connectivity index (χ0v) is 16.3. The molecule has 0 spiro atoms. The lowest BCUT2D eigenvalue weighted by atomic mass is 10.2. The maximum Gasteiger partial charge on any atom is 0.338 e. The number of thiophene rings is 1. The fourth-order valence-corrected chi connectivity index (χ4v) is 3.72. The second kappa shape index (κ2) is 8.43. The highest BCUT2D eigenvalue weighted by Gasteiger charge is 2.18. The highest BCUT2D eigenvalue weighted by Crippen LogP contribution is 2.18. The smallest absolute Gasteiger partial charge is 0.338 e. The van der Waals surface area contributed by atoms with Crippen molar-refractivity contribution < 1.29 is 22.7 Å². The summed E-state index contributed by atoms with van der Waals surface area (Å²) in [6.07, 6.45) is 0. The summed E-state index contributed by atoms with van der Waals surface area (Å²) in [6.45, 7) is 1.43. The quantitative estimate of drug-likeness (QED) is 0.723. The Morgan fingerprint density at radius 1 is 1.19 bits per heavy atom. The van der Waals surface area contributed by atoms with Crippen LogP contribution in [0.4, 0.5) is 0 Å². The number of carbonyl (C=O) groups is 2. The first-order chi connectivity index (χ1) is 12.2. The summed E-state index contributed by atoms with van der Waals surface area (Å²) in [4.78, 5) is 24.9. The van der Waals surface area contributed by atoms with Gasteiger partial charge in [0.1, 0.15) is 0 Å². The van der Waals surface area contributed by atoms with E-state index in [9.17, 15) is 18.0 Å². The Bertz CT molecular complexity index is 859. The molecular formula is C17H20N2O5S2. The van der Waals surface area contributed by atoms with E-state index in [1.807, 2.05) is 24.4 Å². The number of amides is 1. The second-order valence-electron chi connectivity index (χ2n) is 5.69. The Kier molecular flexibility index (Phi) is 6.52. The van der Waals surface area contributed by atoms with Crippen molar-refractivity contribution in [2.45, 2.75) is 17.9 Å². The summed E-state index contributed by atoms with van der Waals surface area (Å²) in [5.74, 6) is -1.11. The van der Waals surface area contributed by atoms with Crippen LogP contribution >= 0.6 is 11.3 Å². The van der Waals surface area contributed by atoms with E-state index in [0.29, 0.717) is 0 Å². The van der Waals surface area contributed by atoms with Crippen molar-refractivity contribution in [3.63, 3.8) is 0 Å². The minimum Gasteiger partial charge on any atom is -0.452 e. The number of benzene rings is 1. The van der Waals surface area contributed by atoms with Gasteiger partial charge in [0.15, 0.2) is 6.61 Å². The molecule has 0 fully saturated rings. The van der Waals surface area contributed by atoms with Crippen molar-refractivity contribution in [1.29, 1.82) is 0 Å². The maximum atomic E-state index is 12.0. The van der Waals surface area contributed by atoms with Crippen molar-refractivity contribution in [3.05, 3.63) is 52.2 Å². The molecule has 0 unspecified atom stereocenters. The fraction of sp³-hybridized carbons (Fsp3) is 0.294. The van der Waals surface area contributed by atoms with Gasteiger partial charge in [0, 0.05) is 19.0 Å². The molecule has 7 nitrogen and oxygen atoms in total. The average Bonchev–Trinajstić information content (AvgIpc) is 3.14. The van der Waals surface area contributed by atoms with Gasteiger partial charge >= 0.3 is 5.97 Å². The number of sulfonamides is 1. The van der Waals surface area contributed by atoms with E-state index in [0.717, 1.165) is 9.18 Å². The van der Waals surface area contributed by atoms with Crippen LogP contribution in [0.3, 0.4) is 0 Å². The van der Waals surface area contributed by atoms with Gasteiger partial charge in [0.2, 0.25) is 10.0 Å². The number of rotatable bonds is 7. The molecule has 1 N–H and O–H groups in total. The number of ether oxygens (including phenoxy) is 1. The lowest BCUT2D eigenvalue weighted by Gasteiger charge is -2.13. The Labute approximate surface area is 156 Å². The van der Waals surface area contributed by atoms with Gasteiger partial charge in [-0.3, -0.25) is 4.79 Å². The molecule has 140 valence electrons. The molecule has 0 saturated heterocycles. The number of nitrogens with one attached hydrogen (secondary N) is 1. The van der Waals surface area contributed by atoms with Gasteiger partial charge in [-0.25, -0.2) is 17.5 Å². The number of esters is 1. The highest BCUT2D eigenvalue weighted by molar-refractivity contribution is 7.89. The van der Waals surface area contributed by atoms with Crippen molar-refractivity contribution in [2.75, 3.05) is 20.7 Å². The van der Waals surface area contributed by atoms with Crippen LogP contribution in [-0.4, -0.2) is 45.3 Å². The number of nitrogens with zero attached hydrogens (tertiary/aromatic N) is 1. The van der Waals surface area contributed by atoms with Crippen LogP contribution < -0.4 is 5.32 Å². The third-order valence-electron chi connectivity index (χ3n) is 3.55. The molecule has 2 rings (SSSR count). The molecule has 0 aliphatic heterocycles. The largest absolute Gasteiger partial charge is 0.452 e. The number of carbonyl (C=O) groups excluding carboxylic acids is 2. The summed E-state index contributed by atoms with van der Waals surface area (Å²) < 4.78 is 30.0. The minimum atomic E-state index is -3.56. The van der Waals surface area contributed by atoms with Gasteiger partial charge in [-0.1, -0.05) is 6.07 Å². The van der Waals surface area contributed by atoms with Crippen molar-refractivity contribution in [1.82, 2.24) is 9.62 Å². The molecule has 0 aliphatic rings. The number of hydrogen-bond acceptors (Lipinski definition) is 6. The maximum absolute atomic E-state index is 12.0. The van der Waals surface area contributed by atoms with Crippen LogP contribution in [0.15, 0.2) is 46.7 Å². The van der Waals surface area contributed by atoms with Gasteiger partial charge in [-0.15, -0.1) is 11.3 Å². The molecule has 0 aliphatic carbocycles. The standard InChI is InChI=1S/C17H20N2O5S2/c1-12(15-5-4-10-25-15)18-16(20)11-24-17(21)13-6-8-14(9-7-13)26(22,23)19(2)3/h4-10,12H,11H2,1-3H3,(H,18,20)/t12-/m0/s1. The van der Waals surface area contributed by atoms with Gasteiger partial charge in [0.05, 0.1) is 16.5 Å². The first-order valence-corrected chi connectivity index (χ1v) is 10.1. The molecule has 0 radical (unpaired) electrons. The van der Waals surface area contributed by atoms with E-state index < -0.39 is 28.5 Å². The molecule has 1 atom stereocenters. The summed E-state index contributed by atoms with van der Waals surface area (Å²) >= 11 is 1.52. The van der Waals surface area contributed by atoms with Crippen molar-refractivity contribution in [3.8, 4) is 0 Å². The molecule has 0 bridgehead atoms. The average molecular weight is 396 g/mol. The fourth-order valence-electron chi connectivity index (χ4n) is 2.08. The van der Waals surface area contributed by atoms with Gasteiger partial charge < -0.3 is 10.1 Å². The molecule has 2 aromatic rings. The molecule has 1 amide bonds. The minimum absolute atomic E-state index is 0.0709. The Balaban J connectivity index is 1.90. The lowest BCUT2D eigenvalue weighted by molar-refractivity contribution is -0.124. The molecule has 1 aromatic heterocycles. The predicted octanol–water partition coefficient (Wildman–Crippen LogP) is 2.03. The molecule has 9 heteroatoms. The summed E-state index contributed by atoms with van der Waals surface area (Å²) in [5, 5.41) is 4.65. The first-order valence-electron chi connectivity index (χ1n) is 7.74. The van der Waals surface area contributed by atoms with E-state index in [4.69, 9.17) is 4.74 Å². The van der Waals surface area contributed by atoms with E-state index in [1.165, 1.54) is 49.7 Å². The molecule has 1 aromatic carbocycles. The lowest BCUT2D eigenvalue weighted by Crippen LogP contribution is -2.30. The van der Waals surface area contributed by atoms with Crippen LogP contribution in [0, 0.1) is 0 Å². The molecular weight excluding hydrogens is 376 g/mol. The topological polar surface area (TPSA) is 92.8 Å². The van der Waals surface area contributed by atoms with Gasteiger partial charge in [-0.2, -0.15) is 0 Å². The van der Waals surface area contributed by atoms with Crippen LogP contribution in [-0.2, 0) is 19.6 Å². The molecule has 26 heavy (non-hydrogen) atoms. The van der Waals surface area contributed by atoms with E-state index in [2.05, 4.69) is 5.32 Å². The van der Waals surface area contributed by atoms with Crippen molar-refractivity contribution in [2.24, 2.45) is 0 Å². The van der Waals surface area contributed by atoms with Gasteiger partial charge in [0.25, 0.3) is 5.91 Å². The Morgan fingerprint density at radius 2 is 1.85 bits per heavy atom. The monoisotopic (exact) mass is 396 g/mol. The zero-order chi connectivity index (χ0) is 19.3. The molecule has 1 heterocycles. The Hall–Kier alpha value is -2.23. The highest BCUT2D eigenvalue weighted by atomic mass is 32.2. The van der Waals surface area contributed by atoms with Crippen LogP contribution in [0.25, 0.3) is 0 Å². The number of hydrogen-bond donors (Lipinski definition) is 1. The summed E-state index contributed by atoms with van der Waals surface area (Å²) in [5.41, 5.74) is 0.168. The van der Waals surface area contributed by atoms with Crippen LogP contribution in [0.5, 0.6) is 0 Å². The first kappa shape index (κ1) is 20.1. The molecule has 0 saturated carbocycles. The SMILES string of the molecule is C[C@H](NC(=O)COC(=O)c1ccc(S(=O)(=O)N(C)C)cc1)c1cccs1. The second-order valence-corrected chi connectivity index (χ2v) is 8.82.